The first-order chi connectivity index (χ1) is 12.3. The van der Waals surface area contributed by atoms with Gasteiger partial charge in [-0.15, -0.1) is 0 Å². The number of amides is 1. The van der Waals surface area contributed by atoms with Crippen LogP contribution in [0.5, 0.6) is 0 Å². The summed E-state index contributed by atoms with van der Waals surface area (Å²) in [7, 11) is -3.59. The third-order valence-corrected chi connectivity index (χ3v) is 7.17. The molecule has 1 aliphatic carbocycles. The van der Waals surface area contributed by atoms with Crippen molar-refractivity contribution in [3.8, 4) is 0 Å². The number of pyridine rings is 1. The minimum atomic E-state index is -3.59. The summed E-state index contributed by atoms with van der Waals surface area (Å²) in [6, 6.07) is 3.08. The van der Waals surface area contributed by atoms with Gasteiger partial charge in [0.25, 0.3) is 0 Å². The van der Waals surface area contributed by atoms with Gasteiger partial charge in [0, 0.05) is 31.4 Å². The molecule has 26 heavy (non-hydrogen) atoms. The van der Waals surface area contributed by atoms with Crippen molar-refractivity contribution < 1.29 is 23.1 Å². The fourth-order valence-corrected chi connectivity index (χ4v) is 5.04. The molecule has 2 heterocycles. The van der Waals surface area contributed by atoms with E-state index < -0.39 is 21.5 Å². The molecule has 9 heteroatoms. The third kappa shape index (κ3) is 3.88. The topological polar surface area (TPSA) is 117 Å². The van der Waals surface area contributed by atoms with Crippen LogP contribution in [0.1, 0.15) is 38.5 Å². The Kier molecular flexibility index (Phi) is 5.29. The normalized spacial score (nSPS) is 20.9. The number of carboxylic acid groups (broad SMARTS) is 1. The summed E-state index contributed by atoms with van der Waals surface area (Å²) in [6.45, 7) is 0.530. The lowest BCUT2D eigenvalue weighted by Gasteiger charge is -2.43. The van der Waals surface area contributed by atoms with E-state index >= 15 is 0 Å². The van der Waals surface area contributed by atoms with Crippen LogP contribution in [-0.4, -0.2) is 53.3 Å². The highest BCUT2D eigenvalue weighted by Crippen LogP contribution is 2.36. The molecule has 2 N–H and O–H groups in total. The molecular formula is C17H23N3O5S. The van der Waals surface area contributed by atoms with Gasteiger partial charge in [-0.1, -0.05) is 0 Å². The number of carboxylic acids is 1. The second-order valence-electron chi connectivity index (χ2n) is 7.06. The third-order valence-electron chi connectivity index (χ3n) is 5.29. The lowest BCUT2D eigenvalue weighted by molar-refractivity contribution is -0.141. The van der Waals surface area contributed by atoms with Crippen LogP contribution in [0.15, 0.2) is 29.4 Å². The summed E-state index contributed by atoms with van der Waals surface area (Å²) in [5.41, 5.74) is -0.623. The highest BCUT2D eigenvalue weighted by Gasteiger charge is 2.42. The van der Waals surface area contributed by atoms with Crippen LogP contribution in [0.4, 0.5) is 0 Å². The number of rotatable bonds is 6. The Morgan fingerprint density at radius 3 is 2.50 bits per heavy atom. The molecule has 8 nitrogen and oxygen atoms in total. The SMILES string of the molecule is O=C(O)CC1(NC(=O)C2CCN(S(=O)(=O)c3cccnc3)CC2)CCC1. The average Bonchev–Trinajstić information content (AvgIpc) is 2.60. The quantitative estimate of drug-likeness (QED) is 0.759. The van der Waals surface area contributed by atoms with E-state index in [2.05, 4.69) is 10.3 Å². The number of aliphatic carboxylic acids is 1. The van der Waals surface area contributed by atoms with Gasteiger partial charge >= 0.3 is 5.97 Å². The standard InChI is InChI=1S/C17H23N3O5S/c21-15(22)11-17(6-2-7-17)19-16(23)13-4-9-20(10-5-13)26(24,25)14-3-1-8-18-12-14/h1,3,8,12-13H,2,4-7,9-11H2,(H,19,23)(H,21,22). The fourth-order valence-electron chi connectivity index (χ4n) is 3.61. The van der Waals surface area contributed by atoms with Crippen molar-refractivity contribution in [2.24, 2.45) is 5.92 Å². The number of carbonyl (C=O) groups excluding carboxylic acids is 1. The molecule has 2 aliphatic rings. The van der Waals surface area contributed by atoms with Crippen LogP contribution in [-0.2, 0) is 19.6 Å². The molecule has 3 rings (SSSR count). The number of hydrogen-bond acceptors (Lipinski definition) is 5. The Morgan fingerprint density at radius 2 is 2.00 bits per heavy atom. The maximum atomic E-state index is 12.6. The van der Waals surface area contributed by atoms with Gasteiger partial charge in [0.05, 0.1) is 12.0 Å². The number of piperidine rings is 1. The van der Waals surface area contributed by atoms with Crippen molar-refractivity contribution in [2.75, 3.05) is 13.1 Å². The summed E-state index contributed by atoms with van der Waals surface area (Å²) in [5, 5.41) is 12.0. The number of carbonyl (C=O) groups is 2. The number of aromatic nitrogens is 1. The Hall–Kier alpha value is -2.00. The minimum absolute atomic E-state index is 0.0625. The van der Waals surface area contributed by atoms with Gasteiger partial charge in [-0.05, 0) is 44.2 Å². The van der Waals surface area contributed by atoms with Crippen molar-refractivity contribution in [1.29, 1.82) is 0 Å². The Labute approximate surface area is 152 Å². The van der Waals surface area contributed by atoms with Crippen LogP contribution >= 0.6 is 0 Å². The molecule has 1 aromatic heterocycles. The van der Waals surface area contributed by atoms with E-state index in [4.69, 9.17) is 5.11 Å². The van der Waals surface area contributed by atoms with E-state index in [0.717, 1.165) is 6.42 Å². The Morgan fingerprint density at radius 1 is 1.31 bits per heavy atom. The number of sulfonamides is 1. The predicted molar refractivity (Wildman–Crippen MR) is 92.7 cm³/mol. The molecule has 0 unspecified atom stereocenters. The molecule has 0 aromatic carbocycles. The summed E-state index contributed by atoms with van der Waals surface area (Å²) >= 11 is 0. The summed E-state index contributed by atoms with van der Waals surface area (Å²) in [4.78, 5) is 27.6. The lowest BCUT2D eigenvalue weighted by atomic mass is 9.74. The van der Waals surface area contributed by atoms with Gasteiger partial charge < -0.3 is 10.4 Å². The molecule has 0 atom stereocenters. The van der Waals surface area contributed by atoms with Gasteiger partial charge in [0.15, 0.2) is 0 Å². The van der Waals surface area contributed by atoms with Crippen LogP contribution in [0.2, 0.25) is 0 Å². The van der Waals surface area contributed by atoms with E-state index in [-0.39, 0.29) is 36.2 Å². The Balaban J connectivity index is 1.58. The van der Waals surface area contributed by atoms with E-state index in [1.165, 1.54) is 22.8 Å². The van der Waals surface area contributed by atoms with E-state index in [9.17, 15) is 18.0 Å². The first-order valence-corrected chi connectivity index (χ1v) is 10.2. The smallest absolute Gasteiger partial charge is 0.305 e. The zero-order chi connectivity index (χ0) is 18.8. The molecule has 2 fully saturated rings. The van der Waals surface area contributed by atoms with Crippen molar-refractivity contribution in [2.45, 2.75) is 49.0 Å². The number of nitrogens with zero attached hydrogens (tertiary/aromatic N) is 2. The van der Waals surface area contributed by atoms with Crippen LogP contribution in [0, 0.1) is 5.92 Å². The van der Waals surface area contributed by atoms with Gasteiger partial charge in [-0.25, -0.2) is 8.42 Å². The predicted octanol–water partition coefficient (Wildman–Crippen LogP) is 0.996. The first kappa shape index (κ1) is 18.8. The van der Waals surface area contributed by atoms with Crippen molar-refractivity contribution in [3.63, 3.8) is 0 Å². The highest BCUT2D eigenvalue weighted by molar-refractivity contribution is 7.89. The van der Waals surface area contributed by atoms with Gasteiger partial charge in [0.2, 0.25) is 15.9 Å². The maximum absolute atomic E-state index is 12.6. The van der Waals surface area contributed by atoms with Gasteiger partial charge in [-0.3, -0.25) is 14.6 Å². The molecule has 1 aliphatic heterocycles. The average molecular weight is 381 g/mol. The number of hydrogen-bond donors (Lipinski definition) is 2. The summed E-state index contributed by atoms with van der Waals surface area (Å²) in [5.74, 6) is -1.37. The fraction of sp³-hybridized carbons (Fsp3) is 0.588. The second-order valence-corrected chi connectivity index (χ2v) is 9.00. The maximum Gasteiger partial charge on any atom is 0.305 e. The van der Waals surface area contributed by atoms with Crippen LogP contribution in [0.25, 0.3) is 0 Å². The van der Waals surface area contributed by atoms with E-state index in [1.54, 1.807) is 6.07 Å². The number of nitrogens with one attached hydrogen (secondary N) is 1. The Bertz CT molecular complexity index is 769. The molecule has 142 valence electrons. The van der Waals surface area contributed by atoms with E-state index in [0.29, 0.717) is 25.7 Å². The molecule has 0 spiro atoms. The summed E-state index contributed by atoms with van der Waals surface area (Å²) < 4.78 is 26.6. The molecule has 1 saturated carbocycles. The molecule has 1 saturated heterocycles. The molecular weight excluding hydrogens is 358 g/mol. The zero-order valence-electron chi connectivity index (χ0n) is 14.4. The van der Waals surface area contributed by atoms with Gasteiger partial charge in [0.1, 0.15) is 4.90 Å². The van der Waals surface area contributed by atoms with Crippen molar-refractivity contribution in [3.05, 3.63) is 24.5 Å². The van der Waals surface area contributed by atoms with Crippen molar-refractivity contribution >= 4 is 21.9 Å². The van der Waals surface area contributed by atoms with Crippen molar-refractivity contribution in [1.82, 2.24) is 14.6 Å². The van der Waals surface area contributed by atoms with E-state index in [1.807, 2.05) is 0 Å². The summed E-state index contributed by atoms with van der Waals surface area (Å²) in [6.07, 6.45) is 5.90. The second kappa shape index (κ2) is 7.32. The highest BCUT2D eigenvalue weighted by atomic mass is 32.2. The molecule has 1 aromatic rings. The van der Waals surface area contributed by atoms with Gasteiger partial charge in [-0.2, -0.15) is 4.31 Å². The zero-order valence-corrected chi connectivity index (χ0v) is 15.2. The molecule has 1 amide bonds. The lowest BCUT2D eigenvalue weighted by Crippen LogP contribution is -2.57. The minimum Gasteiger partial charge on any atom is -0.481 e. The molecule has 0 radical (unpaired) electrons. The molecule has 0 bridgehead atoms. The van der Waals surface area contributed by atoms with Crippen LogP contribution < -0.4 is 5.32 Å². The first-order valence-electron chi connectivity index (χ1n) is 8.76. The largest absolute Gasteiger partial charge is 0.481 e. The van der Waals surface area contributed by atoms with Crippen LogP contribution in [0.3, 0.4) is 0 Å². The monoisotopic (exact) mass is 381 g/mol.